The van der Waals surface area contributed by atoms with E-state index in [4.69, 9.17) is 6.57 Å². The Labute approximate surface area is 98.6 Å². The number of allylic oxidation sites excluding steroid dienone is 2. The Morgan fingerprint density at radius 3 is 2.94 bits per heavy atom. The van der Waals surface area contributed by atoms with Gasteiger partial charge in [-0.3, -0.25) is 0 Å². The average molecular weight is 232 g/mol. The zero-order chi connectivity index (χ0) is 11.4. The van der Waals surface area contributed by atoms with E-state index >= 15 is 0 Å². The van der Waals surface area contributed by atoms with E-state index in [1.165, 1.54) is 11.3 Å². The first kappa shape index (κ1) is 10.9. The molecule has 16 heavy (non-hydrogen) atoms. The van der Waals surface area contributed by atoms with Crippen molar-refractivity contribution in [1.82, 2.24) is 5.32 Å². The number of carbonyl (C=O) groups excluding carboxylic acids is 1. The van der Waals surface area contributed by atoms with Gasteiger partial charge in [0.05, 0.1) is 6.57 Å². The molecule has 0 saturated carbocycles. The summed E-state index contributed by atoms with van der Waals surface area (Å²) in [5, 5.41) is 6.80. The molecule has 0 aromatic carbocycles. The Kier molecular flexibility index (Phi) is 3.37. The van der Waals surface area contributed by atoms with Crippen LogP contribution in [0.15, 0.2) is 28.2 Å². The van der Waals surface area contributed by atoms with Crippen LogP contribution in [0, 0.1) is 6.57 Å². The van der Waals surface area contributed by atoms with Crippen molar-refractivity contribution in [3.63, 3.8) is 0 Å². The van der Waals surface area contributed by atoms with Crippen LogP contribution in [-0.2, 0) is 0 Å². The van der Waals surface area contributed by atoms with Crippen molar-refractivity contribution in [2.75, 3.05) is 6.54 Å². The van der Waals surface area contributed by atoms with Crippen LogP contribution >= 0.6 is 11.3 Å². The molecule has 0 radical (unpaired) electrons. The summed E-state index contributed by atoms with van der Waals surface area (Å²) < 4.78 is 0. The first-order valence-electron chi connectivity index (χ1n) is 5.24. The molecule has 1 aliphatic rings. The van der Waals surface area contributed by atoms with E-state index in [1.54, 1.807) is 11.4 Å². The zero-order valence-corrected chi connectivity index (χ0v) is 9.64. The molecule has 1 saturated heterocycles. The van der Waals surface area contributed by atoms with Crippen LogP contribution in [0.5, 0.6) is 0 Å². The minimum Gasteiger partial charge on any atom is -0.397 e. The number of carbonyl (C=O) groups is 1. The third-order valence-electron chi connectivity index (χ3n) is 2.59. The van der Waals surface area contributed by atoms with Gasteiger partial charge in [0.15, 0.2) is 5.78 Å². The Hall–Kier alpha value is -1.60. The van der Waals surface area contributed by atoms with Crippen LogP contribution in [0.25, 0.3) is 4.85 Å². The van der Waals surface area contributed by atoms with Gasteiger partial charge in [0.25, 0.3) is 5.70 Å². The predicted octanol–water partition coefficient (Wildman–Crippen LogP) is 2.84. The van der Waals surface area contributed by atoms with Gasteiger partial charge in [-0.05, 0) is 30.7 Å². The minimum absolute atomic E-state index is 0.152. The molecule has 1 fully saturated rings. The molecule has 0 atom stereocenters. The average Bonchev–Trinajstić information content (AvgIpc) is 2.85. The standard InChI is InChI=1S/C12H12N2OS/c1-13-11(10-4-2-3-6-14-10)12(15)9-5-7-16-8-9/h5,7-8,14H,2-4,6H2/b11-10-. The van der Waals surface area contributed by atoms with Gasteiger partial charge in [-0.25, -0.2) is 4.85 Å². The van der Waals surface area contributed by atoms with Crippen molar-refractivity contribution in [2.24, 2.45) is 0 Å². The molecule has 2 rings (SSSR count). The molecule has 1 aliphatic heterocycles. The molecule has 3 nitrogen and oxygen atoms in total. The highest BCUT2D eigenvalue weighted by atomic mass is 32.1. The molecule has 82 valence electrons. The molecule has 0 unspecified atom stereocenters. The van der Waals surface area contributed by atoms with Gasteiger partial charge in [-0.1, -0.05) is 0 Å². The Bertz CT molecular complexity index is 446. The molecule has 1 N–H and O–H groups in total. The van der Waals surface area contributed by atoms with E-state index in [0.29, 0.717) is 5.56 Å². The Balaban J connectivity index is 2.29. The van der Waals surface area contributed by atoms with Gasteiger partial charge in [0, 0.05) is 23.2 Å². The van der Waals surface area contributed by atoms with Crippen LogP contribution in [-0.4, -0.2) is 12.3 Å². The Morgan fingerprint density at radius 1 is 1.50 bits per heavy atom. The number of ketones is 1. The summed E-state index contributed by atoms with van der Waals surface area (Å²) >= 11 is 1.48. The van der Waals surface area contributed by atoms with Gasteiger partial charge >= 0.3 is 0 Å². The summed E-state index contributed by atoms with van der Waals surface area (Å²) in [5.41, 5.74) is 1.70. The van der Waals surface area contributed by atoms with Crippen LogP contribution in [0.2, 0.25) is 0 Å². The Morgan fingerprint density at radius 2 is 2.38 bits per heavy atom. The maximum absolute atomic E-state index is 12.0. The third kappa shape index (κ3) is 2.15. The monoisotopic (exact) mass is 232 g/mol. The number of Topliss-reactive ketones (excluding diaryl/α,β-unsaturated/α-hetero) is 1. The third-order valence-corrected chi connectivity index (χ3v) is 3.27. The lowest BCUT2D eigenvalue weighted by Crippen LogP contribution is -2.23. The number of nitrogens with one attached hydrogen (secondary N) is 1. The van der Waals surface area contributed by atoms with E-state index in [1.807, 2.05) is 5.38 Å². The lowest BCUT2D eigenvalue weighted by Gasteiger charge is -2.17. The van der Waals surface area contributed by atoms with E-state index in [9.17, 15) is 4.79 Å². The highest BCUT2D eigenvalue weighted by molar-refractivity contribution is 7.08. The van der Waals surface area contributed by atoms with Crippen LogP contribution < -0.4 is 5.32 Å². The minimum atomic E-state index is -0.152. The smallest absolute Gasteiger partial charge is 0.252 e. The molecule has 2 heterocycles. The maximum atomic E-state index is 12.0. The van der Waals surface area contributed by atoms with Crippen molar-refractivity contribution >= 4 is 17.1 Å². The molecule has 4 heteroatoms. The van der Waals surface area contributed by atoms with Gasteiger partial charge in [-0.2, -0.15) is 11.3 Å². The van der Waals surface area contributed by atoms with Crippen LogP contribution in [0.4, 0.5) is 0 Å². The normalized spacial score (nSPS) is 18.4. The van der Waals surface area contributed by atoms with E-state index in [-0.39, 0.29) is 11.5 Å². The number of rotatable bonds is 2. The molecule has 0 bridgehead atoms. The van der Waals surface area contributed by atoms with Crippen molar-refractivity contribution < 1.29 is 4.79 Å². The molecular weight excluding hydrogens is 220 g/mol. The highest BCUT2D eigenvalue weighted by Gasteiger charge is 2.19. The number of hydrogen-bond acceptors (Lipinski definition) is 3. The quantitative estimate of drug-likeness (QED) is 0.483. The van der Waals surface area contributed by atoms with Crippen molar-refractivity contribution in [3.05, 3.63) is 45.2 Å². The van der Waals surface area contributed by atoms with Gasteiger partial charge in [0.1, 0.15) is 0 Å². The van der Waals surface area contributed by atoms with Crippen molar-refractivity contribution in [3.8, 4) is 0 Å². The van der Waals surface area contributed by atoms with Crippen molar-refractivity contribution in [2.45, 2.75) is 19.3 Å². The first-order chi connectivity index (χ1) is 7.83. The summed E-state index contributed by atoms with van der Waals surface area (Å²) in [6, 6.07) is 1.77. The largest absolute Gasteiger partial charge is 0.397 e. The highest BCUT2D eigenvalue weighted by Crippen LogP contribution is 2.20. The number of hydrogen-bond donors (Lipinski definition) is 1. The van der Waals surface area contributed by atoms with E-state index < -0.39 is 0 Å². The lowest BCUT2D eigenvalue weighted by molar-refractivity contribution is 0.103. The molecule has 1 aromatic heterocycles. The van der Waals surface area contributed by atoms with Crippen molar-refractivity contribution in [1.29, 1.82) is 0 Å². The van der Waals surface area contributed by atoms with Crippen LogP contribution in [0.1, 0.15) is 29.6 Å². The molecule has 0 spiro atoms. The SMILES string of the molecule is [C-]#[N+]/C(C(=O)c1ccsc1)=C1/CCCCN1. The van der Waals surface area contributed by atoms with Gasteiger partial charge < -0.3 is 10.1 Å². The number of piperidine rings is 1. The summed E-state index contributed by atoms with van der Waals surface area (Å²) in [5.74, 6) is -0.152. The predicted molar refractivity (Wildman–Crippen MR) is 64.1 cm³/mol. The van der Waals surface area contributed by atoms with E-state index in [0.717, 1.165) is 31.5 Å². The molecular formula is C12H12N2OS. The summed E-state index contributed by atoms with van der Waals surface area (Å²) in [6.45, 7) is 8.01. The lowest BCUT2D eigenvalue weighted by atomic mass is 10.0. The topological polar surface area (TPSA) is 33.5 Å². The molecule has 1 aromatic rings. The maximum Gasteiger partial charge on any atom is 0.252 e. The number of nitrogens with zero attached hydrogens (tertiary/aromatic N) is 1. The van der Waals surface area contributed by atoms with Gasteiger partial charge in [0.2, 0.25) is 0 Å². The second kappa shape index (κ2) is 4.95. The first-order valence-corrected chi connectivity index (χ1v) is 6.18. The number of thiophene rings is 1. The molecule has 0 amide bonds. The fourth-order valence-corrected chi connectivity index (χ4v) is 2.38. The second-order valence-corrected chi connectivity index (χ2v) is 4.44. The fourth-order valence-electron chi connectivity index (χ4n) is 1.74. The fraction of sp³-hybridized carbons (Fsp3) is 0.333. The van der Waals surface area contributed by atoms with E-state index in [2.05, 4.69) is 10.2 Å². The summed E-state index contributed by atoms with van der Waals surface area (Å²) in [6.07, 6.45) is 2.98. The summed E-state index contributed by atoms with van der Waals surface area (Å²) in [4.78, 5) is 15.4. The van der Waals surface area contributed by atoms with Crippen LogP contribution in [0.3, 0.4) is 0 Å². The summed E-state index contributed by atoms with van der Waals surface area (Å²) in [7, 11) is 0. The second-order valence-electron chi connectivity index (χ2n) is 3.66. The molecule has 0 aliphatic carbocycles. The zero-order valence-electron chi connectivity index (χ0n) is 8.82. The van der Waals surface area contributed by atoms with Gasteiger partial charge in [-0.15, -0.1) is 0 Å².